The Morgan fingerprint density at radius 3 is 0.828 bits per heavy atom. The van der Waals surface area contributed by atoms with Gasteiger partial charge in [-0.15, -0.1) is 0 Å². The summed E-state index contributed by atoms with van der Waals surface area (Å²) >= 11 is 0. The molecule has 0 aliphatic heterocycles. The summed E-state index contributed by atoms with van der Waals surface area (Å²) in [5, 5.41) is 10.6. The van der Waals surface area contributed by atoms with Crippen LogP contribution in [0.2, 0.25) is 0 Å². The van der Waals surface area contributed by atoms with Crippen molar-refractivity contribution in [3.63, 3.8) is 0 Å². The molecular formula is C80H152O17P2. The average molecular weight is 1450 g/mol. The molecule has 0 saturated carbocycles. The number of rotatable bonds is 78. The van der Waals surface area contributed by atoms with Crippen LogP contribution in [0, 0.1) is 5.92 Å². The number of hydrogen-bond donors (Lipinski definition) is 3. The molecule has 5 atom stereocenters. The summed E-state index contributed by atoms with van der Waals surface area (Å²) in [6.45, 7) is 7.27. The molecule has 0 spiro atoms. The van der Waals surface area contributed by atoms with Crippen LogP contribution in [0.1, 0.15) is 401 Å². The third-order valence-corrected chi connectivity index (χ3v) is 20.1. The van der Waals surface area contributed by atoms with E-state index in [2.05, 4.69) is 58.9 Å². The molecule has 99 heavy (non-hydrogen) atoms. The second-order valence-electron chi connectivity index (χ2n) is 28.6. The average Bonchev–Trinajstić information content (AvgIpc) is 1.13. The van der Waals surface area contributed by atoms with Crippen molar-refractivity contribution < 1.29 is 80.2 Å². The second kappa shape index (κ2) is 72.5. The molecule has 0 aromatic heterocycles. The molecule has 0 saturated heterocycles. The summed E-state index contributed by atoms with van der Waals surface area (Å²) in [7, 11) is -9.93. The Morgan fingerprint density at radius 2 is 0.545 bits per heavy atom. The zero-order valence-corrected chi connectivity index (χ0v) is 65.9. The molecule has 0 aliphatic rings. The summed E-state index contributed by atoms with van der Waals surface area (Å²) in [6, 6.07) is 0. The van der Waals surface area contributed by atoms with Gasteiger partial charge in [0.2, 0.25) is 0 Å². The first-order chi connectivity index (χ1) is 48.0. The number of ether oxygens (including phenoxy) is 4. The van der Waals surface area contributed by atoms with Gasteiger partial charge in [0, 0.05) is 25.7 Å². The number of phosphoric acid groups is 2. The molecule has 0 bridgehead atoms. The van der Waals surface area contributed by atoms with Crippen LogP contribution in [0.3, 0.4) is 0 Å². The van der Waals surface area contributed by atoms with Gasteiger partial charge < -0.3 is 33.8 Å². The second-order valence-corrected chi connectivity index (χ2v) is 31.5. The fourth-order valence-electron chi connectivity index (χ4n) is 11.9. The molecule has 19 heteroatoms. The maximum Gasteiger partial charge on any atom is 0.472 e. The van der Waals surface area contributed by atoms with Gasteiger partial charge in [0.15, 0.2) is 12.2 Å². The van der Waals surface area contributed by atoms with Crippen molar-refractivity contribution in [2.75, 3.05) is 39.6 Å². The van der Waals surface area contributed by atoms with Crippen molar-refractivity contribution in [1.82, 2.24) is 0 Å². The van der Waals surface area contributed by atoms with Gasteiger partial charge in [-0.25, -0.2) is 9.13 Å². The third-order valence-electron chi connectivity index (χ3n) is 18.2. The number of esters is 4. The van der Waals surface area contributed by atoms with Crippen LogP contribution < -0.4 is 0 Å². The Hall–Kier alpha value is -2.46. The van der Waals surface area contributed by atoms with Crippen LogP contribution in [0.4, 0.5) is 0 Å². The van der Waals surface area contributed by atoms with Gasteiger partial charge in [0.1, 0.15) is 19.3 Å². The van der Waals surface area contributed by atoms with E-state index in [-0.39, 0.29) is 25.7 Å². The highest BCUT2D eigenvalue weighted by atomic mass is 31.2. The molecule has 0 aromatic rings. The Balaban J connectivity index is 5.30. The lowest BCUT2D eigenvalue weighted by Crippen LogP contribution is -2.30. The van der Waals surface area contributed by atoms with E-state index in [0.717, 1.165) is 115 Å². The van der Waals surface area contributed by atoms with E-state index >= 15 is 0 Å². The minimum Gasteiger partial charge on any atom is -0.462 e. The molecule has 0 heterocycles. The predicted octanol–water partition coefficient (Wildman–Crippen LogP) is 23.6. The molecule has 2 unspecified atom stereocenters. The van der Waals surface area contributed by atoms with E-state index in [9.17, 15) is 43.2 Å². The van der Waals surface area contributed by atoms with Gasteiger partial charge in [-0.05, 0) is 57.3 Å². The minimum atomic E-state index is -4.97. The molecule has 0 radical (unpaired) electrons. The van der Waals surface area contributed by atoms with Crippen LogP contribution in [0.15, 0.2) is 24.3 Å². The van der Waals surface area contributed by atoms with Gasteiger partial charge >= 0.3 is 39.5 Å². The summed E-state index contributed by atoms with van der Waals surface area (Å²) < 4.78 is 68.7. The van der Waals surface area contributed by atoms with E-state index in [1.54, 1.807) is 0 Å². The fraction of sp³-hybridized carbons (Fsp3) is 0.900. The quantitative estimate of drug-likeness (QED) is 0.0169. The van der Waals surface area contributed by atoms with Crippen LogP contribution in [0.25, 0.3) is 0 Å². The number of allylic oxidation sites excluding steroid dienone is 4. The normalized spacial score (nSPS) is 14.0. The highest BCUT2D eigenvalue weighted by molar-refractivity contribution is 7.47. The SMILES string of the molecule is CCCCCC/C=C\C=C/CCCCCCCC(=O)OC[C@H](COP(=O)(O)OC[C@@H](O)COP(=O)(O)OC[C@@H](COC(=O)CCCCCCCCCCCCCCC)OC(=O)CCCCCCCCCCCCCCC(C)C)OC(=O)CCCCCCCCCCCCCCCCCC. The van der Waals surface area contributed by atoms with E-state index in [4.69, 9.17) is 37.0 Å². The number of phosphoric ester groups is 2. The Bertz CT molecular complexity index is 1990. The summed E-state index contributed by atoms with van der Waals surface area (Å²) in [5.41, 5.74) is 0. The number of unbranched alkanes of at least 4 members (excludes halogenated alkanes) is 47. The molecule has 3 N–H and O–H groups in total. The zero-order valence-electron chi connectivity index (χ0n) is 64.1. The van der Waals surface area contributed by atoms with E-state index in [1.165, 1.54) is 205 Å². The third kappa shape index (κ3) is 73.6. The van der Waals surface area contributed by atoms with Crippen molar-refractivity contribution in [3.05, 3.63) is 24.3 Å². The van der Waals surface area contributed by atoms with Gasteiger partial charge in [-0.3, -0.25) is 37.3 Å². The van der Waals surface area contributed by atoms with Crippen molar-refractivity contribution >= 4 is 39.5 Å². The number of aliphatic hydroxyl groups excluding tert-OH is 1. The predicted molar refractivity (Wildman–Crippen MR) is 404 cm³/mol. The largest absolute Gasteiger partial charge is 0.472 e. The van der Waals surface area contributed by atoms with Crippen LogP contribution in [0.5, 0.6) is 0 Å². The molecular weight excluding hydrogens is 1290 g/mol. The molecule has 0 fully saturated rings. The molecule has 17 nitrogen and oxygen atoms in total. The van der Waals surface area contributed by atoms with Crippen LogP contribution in [-0.4, -0.2) is 96.7 Å². The van der Waals surface area contributed by atoms with E-state index in [1.807, 2.05) is 0 Å². The number of aliphatic hydroxyl groups is 1. The highest BCUT2D eigenvalue weighted by Crippen LogP contribution is 2.45. The molecule has 584 valence electrons. The lowest BCUT2D eigenvalue weighted by molar-refractivity contribution is -0.161. The Kier molecular flexibility index (Phi) is 70.7. The summed E-state index contributed by atoms with van der Waals surface area (Å²) in [4.78, 5) is 73.0. The lowest BCUT2D eigenvalue weighted by Gasteiger charge is -2.21. The van der Waals surface area contributed by atoms with Gasteiger partial charge in [-0.2, -0.15) is 0 Å². The first-order valence-corrected chi connectivity index (χ1v) is 43.9. The van der Waals surface area contributed by atoms with Gasteiger partial charge in [0.25, 0.3) is 0 Å². The standard InChI is InChI=1S/C80H152O17P2/c1-6-9-12-15-18-21-24-27-29-31-34-40-45-50-55-60-65-79(84)96-75(70-91-78(83)64-59-54-49-44-39-33-30-28-25-22-19-16-13-10-7-2)71-94-98(86,87)92-67-74(81)68-93-99(88,89)95-72-76(69-90-77(82)63-58-53-48-43-38-32-26-23-20-17-14-11-8-3)97-80(85)66-61-56-51-46-41-36-35-37-42-47-52-57-62-73(4)5/h22,25,28,30,73-76,81H,6-21,23-24,26-27,29,31-72H2,1-5H3,(H,86,87)(H,88,89)/b25-22-,30-28-/t74-,75-,76-/m1/s1. The highest BCUT2D eigenvalue weighted by Gasteiger charge is 2.30. The molecule has 0 amide bonds. The summed E-state index contributed by atoms with van der Waals surface area (Å²) in [6.07, 6.45) is 65.8. The summed E-state index contributed by atoms with van der Waals surface area (Å²) in [5.74, 6) is -1.36. The van der Waals surface area contributed by atoms with Crippen LogP contribution in [-0.2, 0) is 65.4 Å². The van der Waals surface area contributed by atoms with Gasteiger partial charge in [-0.1, -0.05) is 348 Å². The molecule has 0 rings (SSSR count). The zero-order chi connectivity index (χ0) is 72.7. The monoisotopic (exact) mass is 1450 g/mol. The minimum absolute atomic E-state index is 0.102. The number of carbonyl (C=O) groups excluding carboxylic acids is 4. The lowest BCUT2D eigenvalue weighted by atomic mass is 10.0. The number of carbonyl (C=O) groups is 4. The maximum atomic E-state index is 13.1. The van der Waals surface area contributed by atoms with Crippen molar-refractivity contribution in [3.8, 4) is 0 Å². The molecule has 0 aromatic carbocycles. The van der Waals surface area contributed by atoms with Crippen LogP contribution >= 0.6 is 15.6 Å². The van der Waals surface area contributed by atoms with Crippen molar-refractivity contribution in [1.29, 1.82) is 0 Å². The topological polar surface area (TPSA) is 237 Å². The fourth-order valence-corrected chi connectivity index (χ4v) is 13.4. The Labute approximate surface area is 605 Å². The smallest absolute Gasteiger partial charge is 0.462 e. The first-order valence-electron chi connectivity index (χ1n) is 41.0. The van der Waals surface area contributed by atoms with E-state index in [0.29, 0.717) is 25.7 Å². The first kappa shape index (κ1) is 96.5. The van der Waals surface area contributed by atoms with Gasteiger partial charge in [0.05, 0.1) is 26.4 Å². The van der Waals surface area contributed by atoms with Crippen molar-refractivity contribution in [2.24, 2.45) is 5.92 Å². The molecule has 0 aliphatic carbocycles. The Morgan fingerprint density at radius 1 is 0.313 bits per heavy atom. The van der Waals surface area contributed by atoms with E-state index < -0.39 is 97.5 Å². The maximum absolute atomic E-state index is 13.1. The van der Waals surface area contributed by atoms with Crippen molar-refractivity contribution in [2.45, 2.75) is 419 Å². The number of hydrogen-bond acceptors (Lipinski definition) is 15.